The molecule has 138 valence electrons. The van der Waals surface area contributed by atoms with Crippen LogP contribution in [-0.4, -0.2) is 26.9 Å². The van der Waals surface area contributed by atoms with Gasteiger partial charge in [-0.15, -0.1) is 0 Å². The van der Waals surface area contributed by atoms with E-state index in [9.17, 15) is 15.2 Å². The van der Waals surface area contributed by atoms with Crippen LogP contribution >= 0.6 is 0 Å². The number of non-ortho nitro benzene ring substituents is 1. The summed E-state index contributed by atoms with van der Waals surface area (Å²) in [7, 11) is 0. The smallest absolute Gasteiger partial charge is 0.269 e. The number of aromatic hydroxyl groups is 1. The predicted molar refractivity (Wildman–Crippen MR) is 98.0 cm³/mol. The van der Waals surface area contributed by atoms with Gasteiger partial charge in [-0.3, -0.25) is 10.1 Å². The van der Waals surface area contributed by atoms with Crippen molar-refractivity contribution in [3.8, 4) is 5.75 Å². The standard InChI is InChI=1S/C20H22N2O3.ClH/c1-4-21-17-8-6-5-7-16(17)20(2,3)19(21)12-9-14-13-15(22(24)25)10-11-18(14)23;/h5-8,10-11,13H,4,9,12H2,1-3H3;1H. The van der Waals surface area contributed by atoms with Crippen molar-refractivity contribution in [2.75, 3.05) is 6.54 Å². The summed E-state index contributed by atoms with van der Waals surface area (Å²) in [5.41, 5.74) is 4.34. The monoisotopic (exact) mass is 374 g/mol. The molecule has 1 aliphatic rings. The van der Waals surface area contributed by atoms with Gasteiger partial charge in [0.25, 0.3) is 5.69 Å². The van der Waals surface area contributed by atoms with Crippen LogP contribution in [0, 0.1) is 10.1 Å². The summed E-state index contributed by atoms with van der Waals surface area (Å²) in [6.45, 7) is 7.42. The third-order valence-electron chi connectivity index (χ3n) is 5.14. The lowest BCUT2D eigenvalue weighted by molar-refractivity contribution is -0.435. The predicted octanol–water partition coefficient (Wildman–Crippen LogP) is 1.33. The maximum atomic E-state index is 11.0. The van der Waals surface area contributed by atoms with E-state index in [-0.39, 0.29) is 29.3 Å². The molecule has 0 aromatic heterocycles. The molecule has 0 saturated carbocycles. The fourth-order valence-corrected chi connectivity index (χ4v) is 3.82. The number of nitrogens with zero attached hydrogens (tertiary/aromatic N) is 2. The summed E-state index contributed by atoms with van der Waals surface area (Å²) in [5, 5.41) is 21.1. The van der Waals surface area contributed by atoms with E-state index in [0.29, 0.717) is 12.0 Å². The van der Waals surface area contributed by atoms with E-state index in [4.69, 9.17) is 0 Å². The van der Waals surface area contributed by atoms with E-state index in [2.05, 4.69) is 43.5 Å². The van der Waals surface area contributed by atoms with Gasteiger partial charge in [-0.1, -0.05) is 18.2 Å². The quantitative estimate of drug-likeness (QED) is 0.488. The minimum absolute atomic E-state index is 0. The highest BCUT2D eigenvalue weighted by molar-refractivity contribution is 5.95. The molecule has 2 aromatic carbocycles. The maximum absolute atomic E-state index is 11.0. The van der Waals surface area contributed by atoms with Crippen LogP contribution in [0.15, 0.2) is 42.5 Å². The van der Waals surface area contributed by atoms with Gasteiger partial charge < -0.3 is 17.5 Å². The Morgan fingerprint density at radius 1 is 1.15 bits per heavy atom. The summed E-state index contributed by atoms with van der Waals surface area (Å²) in [6.07, 6.45) is 1.31. The zero-order valence-electron chi connectivity index (χ0n) is 15.2. The normalized spacial score (nSPS) is 14.7. The lowest BCUT2D eigenvalue weighted by Crippen LogP contribution is -3.00. The van der Waals surface area contributed by atoms with Gasteiger partial charge in [0.15, 0.2) is 5.71 Å². The van der Waals surface area contributed by atoms with Crippen molar-refractivity contribution < 1.29 is 27.0 Å². The van der Waals surface area contributed by atoms with Crippen LogP contribution in [0.5, 0.6) is 5.75 Å². The second-order valence-corrected chi connectivity index (χ2v) is 6.90. The lowest BCUT2D eigenvalue weighted by Gasteiger charge is -2.18. The van der Waals surface area contributed by atoms with Crippen LogP contribution in [0.1, 0.15) is 38.3 Å². The van der Waals surface area contributed by atoms with Gasteiger partial charge in [-0.25, -0.2) is 0 Å². The van der Waals surface area contributed by atoms with Gasteiger partial charge >= 0.3 is 0 Å². The number of rotatable bonds is 5. The summed E-state index contributed by atoms with van der Waals surface area (Å²) in [4.78, 5) is 10.6. The molecular formula is C20H23ClN2O3. The molecule has 0 fully saturated rings. The van der Waals surface area contributed by atoms with Crippen molar-refractivity contribution in [1.82, 2.24) is 0 Å². The Morgan fingerprint density at radius 2 is 1.85 bits per heavy atom. The Hall–Kier alpha value is -2.40. The molecule has 0 unspecified atom stereocenters. The molecule has 0 atom stereocenters. The largest absolute Gasteiger partial charge is 1.00 e. The first-order chi connectivity index (χ1) is 11.9. The molecule has 1 N–H and O–H groups in total. The van der Waals surface area contributed by atoms with Gasteiger partial charge in [-0.2, -0.15) is 4.58 Å². The number of nitro groups is 1. The molecule has 3 rings (SSSR count). The third-order valence-corrected chi connectivity index (χ3v) is 5.14. The first-order valence-electron chi connectivity index (χ1n) is 8.56. The van der Waals surface area contributed by atoms with Gasteiger partial charge in [-0.05, 0) is 33.3 Å². The van der Waals surface area contributed by atoms with Crippen LogP contribution < -0.4 is 12.4 Å². The van der Waals surface area contributed by atoms with E-state index in [0.717, 1.165) is 13.0 Å². The van der Waals surface area contributed by atoms with Gasteiger partial charge in [0.05, 0.1) is 10.3 Å². The van der Waals surface area contributed by atoms with Crippen LogP contribution in [0.2, 0.25) is 0 Å². The highest BCUT2D eigenvalue weighted by atomic mass is 35.5. The van der Waals surface area contributed by atoms with Crippen molar-refractivity contribution in [2.24, 2.45) is 0 Å². The van der Waals surface area contributed by atoms with Crippen molar-refractivity contribution in [3.63, 3.8) is 0 Å². The number of hydrogen-bond acceptors (Lipinski definition) is 3. The number of nitro benzene ring substituents is 1. The van der Waals surface area contributed by atoms with E-state index in [1.54, 1.807) is 0 Å². The van der Waals surface area contributed by atoms with E-state index >= 15 is 0 Å². The molecule has 0 radical (unpaired) electrons. The molecule has 0 aliphatic carbocycles. The van der Waals surface area contributed by atoms with Crippen LogP contribution in [0.3, 0.4) is 0 Å². The number of aryl methyl sites for hydroxylation is 1. The first kappa shape index (κ1) is 19.9. The number of benzene rings is 2. The maximum Gasteiger partial charge on any atom is 0.269 e. The average molecular weight is 375 g/mol. The van der Waals surface area contributed by atoms with Crippen LogP contribution in [0.4, 0.5) is 11.4 Å². The Morgan fingerprint density at radius 3 is 2.50 bits per heavy atom. The minimum atomic E-state index is -0.427. The zero-order chi connectivity index (χ0) is 18.2. The third kappa shape index (κ3) is 3.31. The van der Waals surface area contributed by atoms with Crippen molar-refractivity contribution in [2.45, 2.75) is 39.0 Å². The van der Waals surface area contributed by atoms with Gasteiger partial charge in [0.1, 0.15) is 12.3 Å². The first-order valence-corrected chi connectivity index (χ1v) is 8.56. The fourth-order valence-electron chi connectivity index (χ4n) is 3.82. The summed E-state index contributed by atoms with van der Waals surface area (Å²) < 4.78 is 2.32. The molecule has 0 spiro atoms. The number of phenols is 1. The van der Waals surface area contributed by atoms with Gasteiger partial charge in [0, 0.05) is 35.7 Å². The molecule has 1 heterocycles. The molecule has 5 nitrogen and oxygen atoms in total. The molecule has 1 aliphatic heterocycles. The highest BCUT2D eigenvalue weighted by Crippen LogP contribution is 2.40. The Bertz CT molecular complexity index is 875. The van der Waals surface area contributed by atoms with Gasteiger partial charge in [0.2, 0.25) is 5.69 Å². The van der Waals surface area contributed by atoms with Crippen molar-refractivity contribution in [1.29, 1.82) is 0 Å². The summed E-state index contributed by atoms with van der Waals surface area (Å²) >= 11 is 0. The fraction of sp³-hybridized carbons (Fsp3) is 0.350. The van der Waals surface area contributed by atoms with E-state index in [1.165, 1.54) is 35.2 Å². The second kappa shape index (κ2) is 7.46. The molecule has 0 amide bonds. The average Bonchev–Trinajstić information content (AvgIpc) is 2.81. The number of phenolic OH excluding ortho intramolecular Hbond substituents is 1. The summed E-state index contributed by atoms with van der Waals surface area (Å²) in [6, 6.07) is 12.6. The van der Waals surface area contributed by atoms with Crippen molar-refractivity contribution in [3.05, 3.63) is 63.7 Å². The molecule has 0 saturated heterocycles. The highest BCUT2D eigenvalue weighted by Gasteiger charge is 2.44. The topological polar surface area (TPSA) is 66.4 Å². The number of hydrogen-bond donors (Lipinski definition) is 1. The number of para-hydroxylation sites is 1. The van der Waals surface area contributed by atoms with Crippen LogP contribution in [-0.2, 0) is 11.8 Å². The number of halogens is 1. The molecular weight excluding hydrogens is 352 g/mol. The molecule has 6 heteroatoms. The lowest BCUT2D eigenvalue weighted by atomic mass is 9.79. The zero-order valence-corrected chi connectivity index (χ0v) is 16.0. The Balaban J connectivity index is 0.00000243. The van der Waals surface area contributed by atoms with E-state index in [1.807, 2.05) is 6.07 Å². The second-order valence-electron chi connectivity index (χ2n) is 6.90. The van der Waals surface area contributed by atoms with E-state index < -0.39 is 4.92 Å². The molecule has 2 aromatic rings. The van der Waals surface area contributed by atoms with Crippen LogP contribution in [0.25, 0.3) is 0 Å². The minimum Gasteiger partial charge on any atom is -1.00 e. The molecule has 0 bridgehead atoms. The molecule has 26 heavy (non-hydrogen) atoms. The Kier molecular flexibility index (Phi) is 5.71. The summed E-state index contributed by atoms with van der Waals surface area (Å²) in [5.74, 6) is 0.113. The van der Waals surface area contributed by atoms with Crippen molar-refractivity contribution >= 4 is 17.1 Å². The Labute approximate surface area is 159 Å². The number of fused-ring (bicyclic) bond motifs is 1. The SMILES string of the molecule is CC[N+]1=C(CCc2cc([N+](=O)[O-])ccc2O)C(C)(C)c2ccccc21.[Cl-].